The molecule has 3 rings (SSSR count). The maximum atomic E-state index is 13.5. The minimum absolute atomic E-state index is 0.0650. The zero-order valence-corrected chi connectivity index (χ0v) is 28.1. The number of cyclic esters (lactones) is 2. The van der Waals surface area contributed by atoms with E-state index in [9.17, 15) is 19.2 Å². The summed E-state index contributed by atoms with van der Waals surface area (Å²) in [5, 5.41) is 5.86. The van der Waals surface area contributed by atoms with E-state index in [0.29, 0.717) is 16.3 Å². The molecule has 248 valence electrons. The van der Waals surface area contributed by atoms with Crippen molar-refractivity contribution in [3.63, 3.8) is 0 Å². The number of amides is 2. The molecular formula is C36H45ClN2O7. The molecule has 5 atom stereocenters. The van der Waals surface area contributed by atoms with Gasteiger partial charge in [-0.2, -0.15) is 0 Å². The molecule has 9 nitrogen and oxygen atoms in total. The summed E-state index contributed by atoms with van der Waals surface area (Å²) in [4.78, 5) is 53.0. The molecule has 0 saturated carbocycles. The zero-order chi connectivity index (χ0) is 33.9. The zero-order valence-electron chi connectivity index (χ0n) is 27.4. The molecular weight excluding hydrogens is 608 g/mol. The van der Waals surface area contributed by atoms with Crippen LogP contribution in [0.4, 0.5) is 0 Å². The van der Waals surface area contributed by atoms with Crippen LogP contribution in [0, 0.1) is 17.3 Å². The summed E-state index contributed by atoms with van der Waals surface area (Å²) in [7, 11) is 1.51. The molecule has 2 amide bonds. The maximum absolute atomic E-state index is 13.5. The molecule has 2 aromatic carbocycles. The number of benzene rings is 2. The van der Waals surface area contributed by atoms with Gasteiger partial charge < -0.3 is 24.8 Å². The highest BCUT2D eigenvalue weighted by molar-refractivity contribution is 6.32. The predicted molar refractivity (Wildman–Crippen MR) is 178 cm³/mol. The highest BCUT2D eigenvalue weighted by Gasteiger charge is 2.34. The lowest BCUT2D eigenvalue weighted by Gasteiger charge is -2.29. The van der Waals surface area contributed by atoms with Gasteiger partial charge in [-0.25, -0.2) is 4.79 Å². The third kappa shape index (κ3) is 11.7. The number of ether oxygens (including phenoxy) is 3. The Morgan fingerprint density at radius 1 is 1.04 bits per heavy atom. The Balaban J connectivity index is 1.91. The van der Waals surface area contributed by atoms with Crippen molar-refractivity contribution < 1.29 is 33.4 Å². The van der Waals surface area contributed by atoms with Gasteiger partial charge in [-0.3, -0.25) is 14.4 Å². The van der Waals surface area contributed by atoms with Gasteiger partial charge in [-0.05, 0) is 34.8 Å². The SMILES string of the molecule is COc1ccc(CC2NC(=O)/C=C/CC(C(C)/C=C/c3ccccc3)OC(=O)C(CC(C)(C)C)OC(=O)C(C)CNC2=O)cc1Cl. The lowest BCUT2D eigenvalue weighted by atomic mass is 9.89. The van der Waals surface area contributed by atoms with Gasteiger partial charge in [-0.15, -0.1) is 0 Å². The number of carbonyl (C=O) groups excluding carboxylic acids is 4. The topological polar surface area (TPSA) is 120 Å². The molecule has 0 saturated heterocycles. The summed E-state index contributed by atoms with van der Waals surface area (Å²) in [6, 6.07) is 13.9. The third-order valence-corrected chi connectivity index (χ3v) is 7.77. The van der Waals surface area contributed by atoms with Crippen LogP contribution in [-0.4, -0.2) is 55.7 Å². The van der Waals surface area contributed by atoms with E-state index < -0.39 is 47.9 Å². The second kappa shape index (κ2) is 17.0. The van der Waals surface area contributed by atoms with Crippen LogP contribution >= 0.6 is 11.6 Å². The fourth-order valence-corrected chi connectivity index (χ4v) is 5.08. The van der Waals surface area contributed by atoms with Crippen molar-refractivity contribution in [2.75, 3.05) is 13.7 Å². The van der Waals surface area contributed by atoms with E-state index >= 15 is 0 Å². The summed E-state index contributed by atoms with van der Waals surface area (Å²) >= 11 is 6.30. The first-order chi connectivity index (χ1) is 21.8. The second-order valence-corrected chi connectivity index (χ2v) is 13.2. The first-order valence-corrected chi connectivity index (χ1v) is 15.8. The Bertz CT molecular complexity index is 1420. The normalized spacial score (nSPS) is 23.5. The van der Waals surface area contributed by atoms with E-state index in [1.165, 1.54) is 13.2 Å². The van der Waals surface area contributed by atoms with Crippen LogP contribution in [0.1, 0.15) is 58.6 Å². The molecule has 10 heteroatoms. The van der Waals surface area contributed by atoms with Crippen LogP contribution in [0.3, 0.4) is 0 Å². The Labute approximate surface area is 276 Å². The highest BCUT2D eigenvalue weighted by Crippen LogP contribution is 2.27. The number of hydrogen-bond acceptors (Lipinski definition) is 7. The van der Waals surface area contributed by atoms with E-state index in [1.54, 1.807) is 31.2 Å². The molecule has 1 aliphatic heterocycles. The first-order valence-electron chi connectivity index (χ1n) is 15.5. The van der Waals surface area contributed by atoms with Crippen molar-refractivity contribution in [2.45, 2.75) is 72.1 Å². The molecule has 2 N–H and O–H groups in total. The van der Waals surface area contributed by atoms with Crippen molar-refractivity contribution in [2.24, 2.45) is 17.3 Å². The van der Waals surface area contributed by atoms with E-state index in [1.807, 2.05) is 70.2 Å². The van der Waals surface area contributed by atoms with Gasteiger partial charge in [0.05, 0.1) is 18.1 Å². The minimum Gasteiger partial charge on any atom is -0.495 e. The van der Waals surface area contributed by atoms with Crippen molar-refractivity contribution >= 4 is 41.4 Å². The average Bonchev–Trinajstić information content (AvgIpc) is 3.00. The van der Waals surface area contributed by atoms with Gasteiger partial charge in [0.1, 0.15) is 17.9 Å². The number of esters is 2. The molecule has 0 fully saturated rings. The van der Waals surface area contributed by atoms with Gasteiger partial charge in [0.2, 0.25) is 11.8 Å². The van der Waals surface area contributed by atoms with Crippen LogP contribution in [-0.2, 0) is 35.1 Å². The van der Waals surface area contributed by atoms with Crippen molar-refractivity contribution in [1.29, 1.82) is 0 Å². The van der Waals surface area contributed by atoms with Crippen LogP contribution in [0.5, 0.6) is 5.75 Å². The standard InChI is InChI=1S/C36H45ClN2O7/c1-23(15-16-25-11-8-7-9-12-25)29-13-10-14-32(40)39-28(20-26-17-18-30(44-6)27(37)19-26)33(41)38-22-24(2)34(42)46-31(35(43)45-29)21-36(3,4)5/h7-12,14-19,23-24,28-29,31H,13,20-22H2,1-6H3,(H,38,41)(H,39,40)/b14-10+,16-15+. The molecule has 0 aromatic heterocycles. The fourth-order valence-electron chi connectivity index (χ4n) is 4.80. The van der Waals surface area contributed by atoms with Crippen molar-refractivity contribution in [3.8, 4) is 5.75 Å². The van der Waals surface area contributed by atoms with Crippen LogP contribution in [0.25, 0.3) is 6.08 Å². The Morgan fingerprint density at radius 3 is 2.41 bits per heavy atom. The molecule has 1 heterocycles. The smallest absolute Gasteiger partial charge is 0.347 e. The third-order valence-electron chi connectivity index (χ3n) is 7.48. The second-order valence-electron chi connectivity index (χ2n) is 12.8. The lowest BCUT2D eigenvalue weighted by Crippen LogP contribution is -2.49. The number of methoxy groups -OCH3 is 1. The summed E-state index contributed by atoms with van der Waals surface area (Å²) in [5.74, 6) is -2.82. The monoisotopic (exact) mass is 652 g/mol. The predicted octanol–water partition coefficient (Wildman–Crippen LogP) is 5.70. The van der Waals surface area contributed by atoms with Gasteiger partial charge in [0, 0.05) is 31.7 Å². The largest absolute Gasteiger partial charge is 0.495 e. The van der Waals surface area contributed by atoms with E-state index in [-0.39, 0.29) is 37.1 Å². The first kappa shape index (κ1) is 36.4. The molecule has 1 aliphatic rings. The molecule has 0 aliphatic carbocycles. The quantitative estimate of drug-likeness (QED) is 0.369. The Hall–Kier alpha value is -4.11. The van der Waals surface area contributed by atoms with Gasteiger partial charge >= 0.3 is 11.9 Å². The van der Waals surface area contributed by atoms with E-state index in [0.717, 1.165) is 5.56 Å². The maximum Gasteiger partial charge on any atom is 0.347 e. The van der Waals surface area contributed by atoms with Crippen LogP contribution < -0.4 is 15.4 Å². The molecule has 46 heavy (non-hydrogen) atoms. The highest BCUT2D eigenvalue weighted by atomic mass is 35.5. The van der Waals surface area contributed by atoms with Crippen LogP contribution in [0.15, 0.2) is 66.8 Å². The fraction of sp³-hybridized carbons (Fsp3) is 0.444. The van der Waals surface area contributed by atoms with Crippen molar-refractivity contribution in [3.05, 3.63) is 82.9 Å². The summed E-state index contributed by atoms with van der Waals surface area (Å²) in [5.41, 5.74) is 1.33. The van der Waals surface area contributed by atoms with Crippen molar-refractivity contribution in [1.82, 2.24) is 10.6 Å². The molecule has 0 spiro atoms. The van der Waals surface area contributed by atoms with Crippen LogP contribution in [0.2, 0.25) is 5.02 Å². The lowest BCUT2D eigenvalue weighted by molar-refractivity contribution is -0.176. The number of carbonyl (C=O) groups is 4. The van der Waals surface area contributed by atoms with E-state index in [2.05, 4.69) is 10.6 Å². The Morgan fingerprint density at radius 2 is 1.76 bits per heavy atom. The summed E-state index contributed by atoms with van der Waals surface area (Å²) < 4.78 is 16.9. The number of rotatable bonds is 7. The van der Waals surface area contributed by atoms with E-state index in [4.69, 9.17) is 25.8 Å². The number of hydrogen-bond donors (Lipinski definition) is 2. The Kier molecular flexibility index (Phi) is 13.4. The minimum atomic E-state index is -1.15. The summed E-state index contributed by atoms with van der Waals surface area (Å²) in [6.45, 7) is 9.27. The number of halogens is 1. The van der Waals surface area contributed by atoms with Gasteiger partial charge in [0.25, 0.3) is 0 Å². The average molecular weight is 653 g/mol. The molecule has 0 bridgehead atoms. The van der Waals surface area contributed by atoms with Gasteiger partial charge in [0.15, 0.2) is 6.10 Å². The van der Waals surface area contributed by atoms with Gasteiger partial charge in [-0.1, -0.05) is 101 Å². The molecule has 0 radical (unpaired) electrons. The summed E-state index contributed by atoms with van der Waals surface area (Å²) in [6.07, 6.45) is 5.59. The molecule has 5 unspecified atom stereocenters. The molecule has 2 aromatic rings. The number of nitrogens with one attached hydrogen (secondary N) is 2.